The van der Waals surface area contributed by atoms with Crippen molar-refractivity contribution in [2.24, 2.45) is 0 Å². The molecule has 0 saturated heterocycles. The van der Waals surface area contributed by atoms with E-state index in [1.807, 2.05) is 19.2 Å². The van der Waals surface area contributed by atoms with Crippen LogP contribution in [0.4, 0.5) is 0 Å². The van der Waals surface area contributed by atoms with Crippen LogP contribution in [0.2, 0.25) is 0 Å². The highest BCUT2D eigenvalue weighted by Crippen LogP contribution is 2.22. The van der Waals surface area contributed by atoms with Crippen LogP contribution in [0, 0.1) is 0 Å². The summed E-state index contributed by atoms with van der Waals surface area (Å²) < 4.78 is 0. The number of aromatic amines is 1. The summed E-state index contributed by atoms with van der Waals surface area (Å²) in [6.07, 6.45) is 11.5. The van der Waals surface area contributed by atoms with Gasteiger partial charge < -0.3 is 9.88 Å². The van der Waals surface area contributed by atoms with Crippen LogP contribution >= 0.6 is 0 Å². The Kier molecular flexibility index (Phi) is 5.64. The Morgan fingerprint density at radius 2 is 1.68 bits per heavy atom. The van der Waals surface area contributed by atoms with E-state index in [1.54, 1.807) is 29.4 Å². The van der Waals surface area contributed by atoms with Crippen LogP contribution in [-0.2, 0) is 0 Å². The Morgan fingerprint density at radius 3 is 2.32 bits per heavy atom. The van der Waals surface area contributed by atoms with Gasteiger partial charge in [0, 0.05) is 36.7 Å². The molecule has 2 aromatic rings. The largest absolute Gasteiger partial charge is 0.339 e. The Bertz CT molecular complexity index is 762. The molecule has 0 radical (unpaired) electrons. The van der Waals surface area contributed by atoms with Gasteiger partial charge in [-0.2, -0.15) is 0 Å². The second kappa shape index (κ2) is 8.10. The van der Waals surface area contributed by atoms with Crippen molar-refractivity contribution in [2.45, 2.75) is 51.0 Å². The predicted octanol–water partition coefficient (Wildman–Crippen LogP) is 3.62. The van der Waals surface area contributed by atoms with Gasteiger partial charge in [0.2, 0.25) is 0 Å². The Labute approximate surface area is 148 Å². The van der Waals surface area contributed by atoms with Gasteiger partial charge in [0.1, 0.15) is 5.56 Å². The number of nitrogens with one attached hydrogen (secondary N) is 1. The lowest BCUT2D eigenvalue weighted by atomic mass is 9.95. The first-order chi connectivity index (χ1) is 12.2. The van der Waals surface area contributed by atoms with Crippen LogP contribution in [0.1, 0.15) is 55.3 Å². The van der Waals surface area contributed by atoms with E-state index in [9.17, 15) is 9.59 Å². The van der Waals surface area contributed by atoms with Crippen molar-refractivity contribution in [3.05, 3.63) is 52.6 Å². The van der Waals surface area contributed by atoms with Gasteiger partial charge in [-0.05, 0) is 37.1 Å². The van der Waals surface area contributed by atoms with Crippen LogP contribution < -0.4 is 5.56 Å². The Balaban J connectivity index is 1.78. The summed E-state index contributed by atoms with van der Waals surface area (Å²) in [5, 5.41) is 0. The van der Waals surface area contributed by atoms with Gasteiger partial charge in [-0.15, -0.1) is 0 Å². The molecule has 1 amide bonds. The van der Waals surface area contributed by atoms with Crippen LogP contribution in [0.15, 0.2) is 41.5 Å². The quantitative estimate of drug-likeness (QED) is 0.929. The van der Waals surface area contributed by atoms with Crippen molar-refractivity contribution in [3.8, 4) is 11.3 Å². The van der Waals surface area contributed by atoms with Crippen LogP contribution in [0.3, 0.4) is 0 Å². The molecule has 5 heteroatoms. The topological polar surface area (TPSA) is 66.1 Å². The molecule has 132 valence electrons. The van der Waals surface area contributed by atoms with Gasteiger partial charge in [-0.1, -0.05) is 32.1 Å². The highest BCUT2D eigenvalue weighted by Gasteiger charge is 2.23. The van der Waals surface area contributed by atoms with E-state index >= 15 is 0 Å². The summed E-state index contributed by atoms with van der Waals surface area (Å²) in [7, 11) is 1.82. The number of pyridine rings is 2. The molecular formula is C20H25N3O2. The van der Waals surface area contributed by atoms with Crippen molar-refractivity contribution in [3.63, 3.8) is 0 Å². The summed E-state index contributed by atoms with van der Waals surface area (Å²) in [5.41, 5.74) is 1.44. The van der Waals surface area contributed by atoms with Gasteiger partial charge >= 0.3 is 0 Å². The molecule has 1 aliphatic rings. The lowest BCUT2D eigenvalue weighted by molar-refractivity contribution is 0.0705. The molecule has 1 fully saturated rings. The fourth-order valence-corrected chi connectivity index (χ4v) is 3.52. The molecule has 2 aromatic heterocycles. The number of amides is 1. The number of rotatable bonds is 3. The maximum absolute atomic E-state index is 12.8. The third-order valence-electron chi connectivity index (χ3n) is 5.07. The number of carbonyl (C=O) groups excluding carboxylic acids is 1. The summed E-state index contributed by atoms with van der Waals surface area (Å²) in [6, 6.07) is 7.31. The number of hydrogen-bond acceptors (Lipinski definition) is 3. The number of nitrogens with zero attached hydrogens (tertiary/aromatic N) is 2. The van der Waals surface area contributed by atoms with Crippen molar-refractivity contribution in [2.75, 3.05) is 7.05 Å². The van der Waals surface area contributed by atoms with Crippen molar-refractivity contribution in [1.82, 2.24) is 14.9 Å². The molecule has 3 rings (SSSR count). The second-order valence-electron chi connectivity index (χ2n) is 6.77. The molecule has 1 aliphatic carbocycles. The molecule has 0 spiro atoms. The van der Waals surface area contributed by atoms with Crippen LogP contribution in [0.25, 0.3) is 11.3 Å². The minimum atomic E-state index is -0.336. The van der Waals surface area contributed by atoms with Crippen LogP contribution in [0.5, 0.6) is 0 Å². The molecular weight excluding hydrogens is 314 g/mol. The molecule has 0 atom stereocenters. The van der Waals surface area contributed by atoms with E-state index < -0.39 is 0 Å². The average molecular weight is 339 g/mol. The average Bonchev–Trinajstić information content (AvgIpc) is 2.61. The van der Waals surface area contributed by atoms with Crippen molar-refractivity contribution < 1.29 is 4.79 Å². The standard InChI is InChI=1S/C20H25N3O2/c1-23(16-7-5-3-2-4-6-8-16)20(25)17-9-10-18(22-19(17)24)15-11-13-21-14-12-15/h9-14,16H,2-8H2,1H3,(H,22,24). The predicted molar refractivity (Wildman–Crippen MR) is 98.5 cm³/mol. The van der Waals surface area contributed by atoms with E-state index in [2.05, 4.69) is 9.97 Å². The van der Waals surface area contributed by atoms with Gasteiger partial charge in [0.05, 0.1) is 0 Å². The molecule has 0 aliphatic heterocycles. The fraction of sp³-hybridized carbons (Fsp3) is 0.450. The lowest BCUT2D eigenvalue weighted by Crippen LogP contribution is -2.39. The zero-order chi connectivity index (χ0) is 17.6. The molecule has 5 nitrogen and oxygen atoms in total. The van der Waals surface area contributed by atoms with Gasteiger partial charge in [-0.25, -0.2) is 0 Å². The summed E-state index contributed by atoms with van der Waals surface area (Å²) in [4.78, 5) is 33.8. The third kappa shape index (κ3) is 4.16. The zero-order valence-corrected chi connectivity index (χ0v) is 14.7. The molecule has 1 saturated carbocycles. The number of hydrogen-bond donors (Lipinski definition) is 1. The van der Waals surface area contributed by atoms with Gasteiger partial charge in [-0.3, -0.25) is 14.6 Å². The van der Waals surface area contributed by atoms with E-state index in [-0.39, 0.29) is 23.1 Å². The first kappa shape index (κ1) is 17.4. The highest BCUT2D eigenvalue weighted by molar-refractivity contribution is 5.94. The molecule has 2 heterocycles. The number of carbonyl (C=O) groups is 1. The zero-order valence-electron chi connectivity index (χ0n) is 14.7. The first-order valence-electron chi connectivity index (χ1n) is 9.07. The van der Waals surface area contributed by atoms with Crippen molar-refractivity contribution in [1.29, 1.82) is 0 Å². The summed E-state index contributed by atoms with van der Waals surface area (Å²) in [5.74, 6) is -0.187. The molecule has 0 bridgehead atoms. The minimum Gasteiger partial charge on any atom is -0.339 e. The number of H-pyrrole nitrogens is 1. The molecule has 1 N–H and O–H groups in total. The normalized spacial score (nSPS) is 16.0. The summed E-state index contributed by atoms with van der Waals surface area (Å²) >= 11 is 0. The molecule has 25 heavy (non-hydrogen) atoms. The smallest absolute Gasteiger partial charge is 0.261 e. The van der Waals surface area contributed by atoms with E-state index in [1.165, 1.54) is 19.3 Å². The minimum absolute atomic E-state index is 0.187. The number of aromatic nitrogens is 2. The monoisotopic (exact) mass is 339 g/mol. The molecule has 0 unspecified atom stereocenters. The summed E-state index contributed by atoms with van der Waals surface area (Å²) in [6.45, 7) is 0. The van der Waals surface area contributed by atoms with E-state index in [0.29, 0.717) is 5.69 Å². The SMILES string of the molecule is CN(C(=O)c1ccc(-c2ccncc2)[nH]c1=O)C1CCCCCCC1. The van der Waals surface area contributed by atoms with E-state index in [4.69, 9.17) is 0 Å². The van der Waals surface area contributed by atoms with Gasteiger partial charge in [0.25, 0.3) is 11.5 Å². The molecule has 0 aromatic carbocycles. The van der Waals surface area contributed by atoms with Crippen molar-refractivity contribution >= 4 is 5.91 Å². The Morgan fingerprint density at radius 1 is 1.04 bits per heavy atom. The maximum Gasteiger partial charge on any atom is 0.261 e. The Hall–Kier alpha value is -2.43. The van der Waals surface area contributed by atoms with E-state index in [0.717, 1.165) is 31.2 Å². The fourth-order valence-electron chi connectivity index (χ4n) is 3.52. The highest BCUT2D eigenvalue weighted by atomic mass is 16.2. The first-order valence-corrected chi connectivity index (χ1v) is 9.07. The maximum atomic E-state index is 12.8. The van der Waals surface area contributed by atoms with Crippen LogP contribution in [-0.4, -0.2) is 33.9 Å². The van der Waals surface area contributed by atoms with Gasteiger partial charge in [0.15, 0.2) is 0 Å². The third-order valence-corrected chi connectivity index (χ3v) is 5.07. The second-order valence-corrected chi connectivity index (χ2v) is 6.77. The lowest BCUT2D eigenvalue weighted by Gasteiger charge is -2.29.